The number of thiophene rings is 1. The van der Waals surface area contributed by atoms with Crippen LogP contribution in [-0.4, -0.2) is 53.4 Å². The number of aromatic nitrogens is 2. The number of aryl methyl sites for hydroxylation is 1. The van der Waals surface area contributed by atoms with Gasteiger partial charge in [0.15, 0.2) is 0 Å². The summed E-state index contributed by atoms with van der Waals surface area (Å²) >= 11 is 1.18. The third kappa shape index (κ3) is 3.74. The van der Waals surface area contributed by atoms with Gasteiger partial charge >= 0.3 is 0 Å². The van der Waals surface area contributed by atoms with Crippen LogP contribution in [0.15, 0.2) is 51.5 Å². The van der Waals surface area contributed by atoms with E-state index < -0.39 is 10.0 Å². The van der Waals surface area contributed by atoms with E-state index in [9.17, 15) is 17.6 Å². The van der Waals surface area contributed by atoms with Gasteiger partial charge in [-0.1, -0.05) is 12.1 Å². The zero-order chi connectivity index (χ0) is 24.2. The number of fused-ring (bicyclic) bond motifs is 2. The third-order valence-corrected chi connectivity index (χ3v) is 10.4. The molecule has 3 heterocycles. The van der Waals surface area contributed by atoms with Crippen LogP contribution in [0.3, 0.4) is 0 Å². The highest BCUT2D eigenvalue weighted by Crippen LogP contribution is 2.36. The summed E-state index contributed by atoms with van der Waals surface area (Å²) in [6.45, 7) is 5.41. The Bertz CT molecular complexity index is 1570. The highest BCUT2D eigenvalue weighted by atomic mass is 32.2. The molecule has 2 aromatic carbocycles. The predicted octanol–water partition coefficient (Wildman–Crippen LogP) is 3.66. The number of halogens is 1. The van der Waals surface area contributed by atoms with Gasteiger partial charge in [0.05, 0.1) is 16.9 Å². The van der Waals surface area contributed by atoms with E-state index in [2.05, 4.69) is 4.90 Å². The van der Waals surface area contributed by atoms with Crippen molar-refractivity contribution in [3.63, 3.8) is 0 Å². The van der Waals surface area contributed by atoms with Crippen LogP contribution in [0, 0.1) is 12.7 Å². The van der Waals surface area contributed by atoms with Gasteiger partial charge in [-0.2, -0.15) is 4.31 Å². The molecule has 34 heavy (non-hydrogen) atoms. The highest BCUT2D eigenvalue weighted by molar-refractivity contribution is 7.91. The molecule has 0 N–H and O–H groups in total. The van der Waals surface area contributed by atoms with Crippen molar-refractivity contribution in [1.82, 2.24) is 18.8 Å². The number of para-hydroxylation sites is 1. The molecule has 0 saturated carbocycles. The molecule has 5 rings (SSSR count). The molecule has 0 radical (unpaired) electrons. The summed E-state index contributed by atoms with van der Waals surface area (Å²) in [4.78, 5) is 19.7. The summed E-state index contributed by atoms with van der Waals surface area (Å²) in [5, 5.41) is 1.22. The standard InChI is InChI=1S/C24H25FN4O3S2/c1-15-19-14-17(25)8-9-21(19)33-24(15)34(31,32)29-12-10-28(11-13-29)16(2)22-26-20-7-5-4-6-18(20)23(30)27(22)3/h4-9,14,16H,10-13H2,1-3H3. The third-order valence-electron chi connectivity index (χ3n) is 6.64. The van der Waals surface area contributed by atoms with E-state index in [0.717, 1.165) is 4.70 Å². The number of piperazine rings is 1. The molecule has 1 fully saturated rings. The number of sulfonamides is 1. The second kappa shape index (κ2) is 8.53. The molecule has 2 aromatic heterocycles. The van der Waals surface area contributed by atoms with Crippen LogP contribution in [0.4, 0.5) is 4.39 Å². The highest BCUT2D eigenvalue weighted by Gasteiger charge is 2.33. The van der Waals surface area contributed by atoms with Crippen LogP contribution in [-0.2, 0) is 17.1 Å². The maximum atomic E-state index is 13.7. The predicted molar refractivity (Wildman–Crippen MR) is 132 cm³/mol. The largest absolute Gasteiger partial charge is 0.298 e. The van der Waals surface area contributed by atoms with Crippen LogP contribution in [0.2, 0.25) is 0 Å². The first-order valence-corrected chi connectivity index (χ1v) is 13.3. The maximum absolute atomic E-state index is 13.7. The molecule has 1 aliphatic heterocycles. The summed E-state index contributed by atoms with van der Waals surface area (Å²) in [5.74, 6) is 0.277. The van der Waals surface area contributed by atoms with Crippen molar-refractivity contribution in [3.8, 4) is 0 Å². The normalized spacial score (nSPS) is 16.9. The van der Waals surface area contributed by atoms with Gasteiger partial charge in [0.25, 0.3) is 15.6 Å². The van der Waals surface area contributed by atoms with Gasteiger partial charge < -0.3 is 0 Å². The molecule has 1 unspecified atom stereocenters. The van der Waals surface area contributed by atoms with Gasteiger partial charge in [-0.05, 0) is 55.1 Å². The van der Waals surface area contributed by atoms with Crippen molar-refractivity contribution in [3.05, 3.63) is 70.0 Å². The van der Waals surface area contributed by atoms with Crippen LogP contribution in [0.5, 0.6) is 0 Å². The fourth-order valence-electron chi connectivity index (χ4n) is 4.64. The van der Waals surface area contributed by atoms with E-state index in [4.69, 9.17) is 4.98 Å². The summed E-state index contributed by atoms with van der Waals surface area (Å²) < 4.78 is 44.6. The Balaban J connectivity index is 1.38. The smallest absolute Gasteiger partial charge is 0.261 e. The lowest BCUT2D eigenvalue weighted by Crippen LogP contribution is -2.49. The number of nitrogens with zero attached hydrogens (tertiary/aromatic N) is 4. The van der Waals surface area contributed by atoms with E-state index in [1.54, 1.807) is 30.7 Å². The molecule has 4 aromatic rings. The first-order chi connectivity index (χ1) is 16.2. The van der Waals surface area contributed by atoms with Crippen molar-refractivity contribution in [2.24, 2.45) is 7.05 Å². The molecule has 0 spiro atoms. The molecule has 7 nitrogen and oxygen atoms in total. The average molecular weight is 501 g/mol. The molecule has 0 bridgehead atoms. The van der Waals surface area contributed by atoms with Crippen molar-refractivity contribution in [1.29, 1.82) is 0 Å². The SMILES string of the molecule is Cc1c(S(=O)(=O)N2CCN(C(C)c3nc4ccccc4c(=O)n3C)CC2)sc2ccc(F)cc12. The van der Waals surface area contributed by atoms with Gasteiger partial charge in [-0.15, -0.1) is 11.3 Å². The molecule has 178 valence electrons. The lowest BCUT2D eigenvalue weighted by molar-refractivity contribution is 0.139. The second-order valence-corrected chi connectivity index (χ2v) is 11.8. The fraction of sp³-hybridized carbons (Fsp3) is 0.333. The molecule has 1 saturated heterocycles. The average Bonchev–Trinajstić information content (AvgIpc) is 3.17. The van der Waals surface area contributed by atoms with Crippen molar-refractivity contribution >= 4 is 42.3 Å². The van der Waals surface area contributed by atoms with Crippen LogP contribution in [0.1, 0.15) is 24.4 Å². The van der Waals surface area contributed by atoms with Crippen molar-refractivity contribution in [2.75, 3.05) is 26.2 Å². The second-order valence-electron chi connectivity index (χ2n) is 8.62. The molecule has 0 aliphatic carbocycles. The van der Waals surface area contributed by atoms with E-state index in [1.165, 1.54) is 27.8 Å². The summed E-state index contributed by atoms with van der Waals surface area (Å²) in [6.07, 6.45) is 0. The Hall–Kier alpha value is -2.66. The molecular weight excluding hydrogens is 475 g/mol. The minimum Gasteiger partial charge on any atom is -0.298 e. The van der Waals surface area contributed by atoms with Crippen LogP contribution >= 0.6 is 11.3 Å². The van der Waals surface area contributed by atoms with Crippen LogP contribution < -0.4 is 5.56 Å². The first-order valence-electron chi connectivity index (χ1n) is 11.1. The Morgan fingerprint density at radius 3 is 2.50 bits per heavy atom. The number of hydrogen-bond donors (Lipinski definition) is 0. The minimum atomic E-state index is -3.69. The number of hydrogen-bond acceptors (Lipinski definition) is 6. The fourth-order valence-corrected chi connectivity index (χ4v) is 7.94. The monoisotopic (exact) mass is 500 g/mol. The Kier molecular flexibility index (Phi) is 5.79. The minimum absolute atomic E-state index is 0.0923. The topological polar surface area (TPSA) is 75.5 Å². The number of rotatable bonds is 4. The van der Waals surface area contributed by atoms with Gasteiger partial charge in [0.1, 0.15) is 15.9 Å². The van der Waals surface area contributed by atoms with E-state index >= 15 is 0 Å². The van der Waals surface area contributed by atoms with Crippen molar-refractivity contribution in [2.45, 2.75) is 24.1 Å². The van der Waals surface area contributed by atoms with Gasteiger partial charge in [0.2, 0.25) is 0 Å². The first kappa shape index (κ1) is 23.1. The Morgan fingerprint density at radius 2 is 1.76 bits per heavy atom. The van der Waals surface area contributed by atoms with E-state index in [-0.39, 0.29) is 21.6 Å². The zero-order valence-electron chi connectivity index (χ0n) is 19.2. The summed E-state index contributed by atoms with van der Waals surface area (Å²) in [6, 6.07) is 11.5. The Labute approximate surface area is 201 Å². The van der Waals surface area contributed by atoms with Crippen molar-refractivity contribution < 1.29 is 12.8 Å². The Morgan fingerprint density at radius 1 is 1.06 bits per heavy atom. The van der Waals surface area contributed by atoms with Gasteiger partial charge in [0, 0.05) is 37.9 Å². The molecule has 1 atom stereocenters. The van der Waals surface area contributed by atoms with Gasteiger partial charge in [-0.25, -0.2) is 17.8 Å². The lowest BCUT2D eigenvalue weighted by Gasteiger charge is -2.37. The molecule has 10 heteroatoms. The zero-order valence-corrected chi connectivity index (χ0v) is 20.8. The lowest BCUT2D eigenvalue weighted by atomic mass is 10.2. The summed E-state index contributed by atoms with van der Waals surface area (Å²) in [7, 11) is -1.97. The van der Waals surface area contributed by atoms with E-state index in [0.29, 0.717) is 53.9 Å². The maximum Gasteiger partial charge on any atom is 0.261 e. The molecule has 1 aliphatic rings. The van der Waals surface area contributed by atoms with Crippen LogP contribution in [0.25, 0.3) is 21.0 Å². The molecule has 0 amide bonds. The van der Waals surface area contributed by atoms with Gasteiger partial charge in [-0.3, -0.25) is 14.3 Å². The number of benzene rings is 2. The van der Waals surface area contributed by atoms with E-state index in [1.807, 2.05) is 25.1 Å². The molecular formula is C24H25FN4O3S2. The quantitative estimate of drug-likeness (QED) is 0.428. The summed E-state index contributed by atoms with van der Waals surface area (Å²) in [5.41, 5.74) is 1.15.